The van der Waals surface area contributed by atoms with Crippen molar-refractivity contribution < 1.29 is 0 Å². The Morgan fingerprint density at radius 3 is 2.73 bits per heavy atom. The highest BCUT2D eigenvalue weighted by Crippen LogP contribution is 2.05. The van der Waals surface area contributed by atoms with E-state index in [2.05, 4.69) is 10.0 Å². The van der Waals surface area contributed by atoms with Crippen LogP contribution < -0.4 is 0 Å². The van der Waals surface area contributed by atoms with Crippen molar-refractivity contribution in [3.05, 3.63) is 35.0 Å². The van der Waals surface area contributed by atoms with E-state index in [1.807, 2.05) is 36.0 Å². The van der Waals surface area contributed by atoms with Crippen LogP contribution in [0.15, 0.2) is 29.6 Å². The third kappa shape index (κ3) is 2.02. The molecule has 0 aliphatic rings. The molecule has 11 heavy (non-hydrogen) atoms. The van der Waals surface area contributed by atoms with Crippen molar-refractivity contribution in [2.45, 2.75) is 13.0 Å². The van der Waals surface area contributed by atoms with Gasteiger partial charge in [0.05, 0.1) is 0 Å². The van der Waals surface area contributed by atoms with Gasteiger partial charge in [-0.2, -0.15) is 0 Å². The molecule has 1 unspecified atom stereocenters. The van der Waals surface area contributed by atoms with Crippen LogP contribution >= 0.6 is 0 Å². The number of aromatic nitrogens is 1. The van der Waals surface area contributed by atoms with Crippen LogP contribution in [0, 0.1) is 0 Å². The fourth-order valence-electron chi connectivity index (χ4n) is 0.891. The molecule has 1 rings (SSSR count). The van der Waals surface area contributed by atoms with Crippen LogP contribution in [0.4, 0.5) is 0 Å². The Bertz CT molecular complexity index is 245. The first-order valence-electron chi connectivity index (χ1n) is 3.48. The summed E-state index contributed by atoms with van der Waals surface area (Å²) in [6.45, 7) is 2.51. The van der Waals surface area contributed by atoms with Crippen LogP contribution in [-0.2, 0) is 0 Å². The van der Waals surface area contributed by atoms with Crippen molar-refractivity contribution in [1.29, 1.82) is 0 Å². The van der Waals surface area contributed by atoms with E-state index in [9.17, 15) is 0 Å². The van der Waals surface area contributed by atoms with E-state index < -0.39 is 0 Å². The summed E-state index contributed by atoms with van der Waals surface area (Å²) >= 11 is 0. The second-order valence-electron chi connectivity index (χ2n) is 2.39. The van der Waals surface area contributed by atoms with Gasteiger partial charge in [0.1, 0.15) is 0 Å². The molecule has 0 saturated carbocycles. The summed E-state index contributed by atoms with van der Waals surface area (Å²) in [4.78, 5) is 2.70. The van der Waals surface area contributed by atoms with Gasteiger partial charge < -0.3 is 4.57 Å². The molecule has 0 aromatic carbocycles. The summed E-state index contributed by atoms with van der Waals surface area (Å²) in [6, 6.07) is 4.15. The number of azide groups is 1. The Morgan fingerprint density at radius 2 is 2.18 bits per heavy atom. The molecule has 58 valence electrons. The molecule has 1 aromatic rings. The lowest BCUT2D eigenvalue weighted by Gasteiger charge is -2.08. The minimum atomic E-state index is 0.251. The molecular weight excluding hydrogens is 140 g/mol. The Morgan fingerprint density at radius 1 is 1.55 bits per heavy atom. The molecule has 1 atom stereocenters. The first-order chi connectivity index (χ1) is 5.34. The van der Waals surface area contributed by atoms with Crippen LogP contribution in [0.5, 0.6) is 0 Å². The number of hydrogen-bond acceptors (Lipinski definition) is 1. The van der Waals surface area contributed by atoms with E-state index in [0.717, 1.165) is 0 Å². The van der Waals surface area contributed by atoms with Crippen LogP contribution in [-0.4, -0.2) is 11.1 Å². The van der Waals surface area contributed by atoms with Crippen LogP contribution in [0.2, 0.25) is 0 Å². The highest BCUT2D eigenvalue weighted by molar-refractivity contribution is 4.92. The highest BCUT2D eigenvalue weighted by atomic mass is 15.1. The fourth-order valence-corrected chi connectivity index (χ4v) is 0.891. The minimum Gasteiger partial charge on any atom is -0.351 e. The van der Waals surface area contributed by atoms with E-state index >= 15 is 0 Å². The van der Waals surface area contributed by atoms with Gasteiger partial charge in [-0.25, -0.2) is 0 Å². The molecule has 1 aromatic heterocycles. The highest BCUT2D eigenvalue weighted by Gasteiger charge is 1.98. The molecule has 1 heterocycles. The molecule has 0 saturated heterocycles. The summed E-state index contributed by atoms with van der Waals surface area (Å²) in [7, 11) is 0. The molecule has 0 radical (unpaired) electrons. The third-order valence-corrected chi connectivity index (χ3v) is 1.55. The summed E-state index contributed by atoms with van der Waals surface area (Å²) < 4.78 is 2.01. The number of nitrogens with zero attached hydrogens (tertiary/aromatic N) is 4. The molecule has 4 heteroatoms. The molecule has 0 bridgehead atoms. The minimum absolute atomic E-state index is 0.251. The zero-order valence-corrected chi connectivity index (χ0v) is 6.38. The summed E-state index contributed by atoms with van der Waals surface area (Å²) in [5, 5.41) is 3.49. The Labute approximate surface area is 65.1 Å². The van der Waals surface area contributed by atoms with E-state index in [-0.39, 0.29) is 6.04 Å². The SMILES string of the molecule is CC(CN=[N+]=[N-])n1cccc1. The largest absolute Gasteiger partial charge is 0.351 e. The van der Waals surface area contributed by atoms with E-state index in [4.69, 9.17) is 5.53 Å². The molecule has 4 nitrogen and oxygen atoms in total. The van der Waals surface area contributed by atoms with E-state index in [0.29, 0.717) is 6.54 Å². The number of hydrogen-bond donors (Lipinski definition) is 0. The van der Waals surface area contributed by atoms with Crippen LogP contribution in [0.25, 0.3) is 10.4 Å². The third-order valence-electron chi connectivity index (χ3n) is 1.55. The average molecular weight is 150 g/mol. The quantitative estimate of drug-likeness (QED) is 0.361. The average Bonchev–Trinajstić information content (AvgIpc) is 2.52. The Hall–Kier alpha value is -1.41. The predicted molar refractivity (Wildman–Crippen MR) is 43.2 cm³/mol. The summed E-state index contributed by atoms with van der Waals surface area (Å²) in [5.41, 5.74) is 8.06. The Balaban J connectivity index is 2.55. The molecule has 0 fully saturated rings. The normalized spacial score (nSPS) is 12.1. The van der Waals surface area contributed by atoms with E-state index in [1.165, 1.54) is 0 Å². The molecule has 0 amide bonds. The van der Waals surface area contributed by atoms with Gasteiger partial charge in [-0.15, -0.1) is 0 Å². The maximum atomic E-state index is 8.06. The zero-order valence-electron chi connectivity index (χ0n) is 6.38. The lowest BCUT2D eigenvalue weighted by molar-refractivity contribution is 0.560. The van der Waals surface area contributed by atoms with Gasteiger partial charge in [-0.3, -0.25) is 0 Å². The summed E-state index contributed by atoms with van der Waals surface area (Å²) in [6.07, 6.45) is 3.91. The van der Waals surface area contributed by atoms with Gasteiger partial charge in [0.15, 0.2) is 0 Å². The van der Waals surface area contributed by atoms with Crippen LogP contribution in [0.1, 0.15) is 13.0 Å². The topological polar surface area (TPSA) is 53.7 Å². The molecule has 0 N–H and O–H groups in total. The van der Waals surface area contributed by atoms with Crippen molar-refractivity contribution in [3.63, 3.8) is 0 Å². The van der Waals surface area contributed by atoms with Gasteiger partial charge in [0.2, 0.25) is 0 Å². The maximum Gasteiger partial charge on any atom is 0.0463 e. The van der Waals surface area contributed by atoms with Gasteiger partial charge in [0, 0.05) is 29.9 Å². The summed E-state index contributed by atoms with van der Waals surface area (Å²) in [5.74, 6) is 0. The van der Waals surface area contributed by atoms with Gasteiger partial charge in [0.25, 0.3) is 0 Å². The molecule has 0 spiro atoms. The fraction of sp³-hybridized carbons (Fsp3) is 0.429. The molecule has 0 aliphatic carbocycles. The van der Waals surface area contributed by atoms with Crippen molar-refractivity contribution in [2.75, 3.05) is 6.54 Å². The van der Waals surface area contributed by atoms with Gasteiger partial charge >= 0.3 is 0 Å². The van der Waals surface area contributed by atoms with Crippen LogP contribution in [0.3, 0.4) is 0 Å². The smallest absolute Gasteiger partial charge is 0.0463 e. The second-order valence-corrected chi connectivity index (χ2v) is 2.39. The molecular formula is C7H10N4. The van der Waals surface area contributed by atoms with Crippen molar-refractivity contribution >= 4 is 0 Å². The van der Waals surface area contributed by atoms with E-state index in [1.54, 1.807) is 0 Å². The maximum absolute atomic E-state index is 8.06. The zero-order chi connectivity index (χ0) is 8.10. The van der Waals surface area contributed by atoms with Crippen molar-refractivity contribution in [3.8, 4) is 0 Å². The van der Waals surface area contributed by atoms with Crippen molar-refractivity contribution in [2.24, 2.45) is 5.11 Å². The first-order valence-corrected chi connectivity index (χ1v) is 3.48. The second kappa shape index (κ2) is 3.68. The number of rotatable bonds is 3. The lowest BCUT2D eigenvalue weighted by atomic mass is 10.3. The monoisotopic (exact) mass is 150 g/mol. The standard InChI is InChI=1S/C7H10N4/c1-7(6-9-10-8)11-4-2-3-5-11/h2-5,7H,6H2,1H3. The lowest BCUT2D eigenvalue weighted by Crippen LogP contribution is -2.04. The Kier molecular flexibility index (Phi) is 2.58. The van der Waals surface area contributed by atoms with Gasteiger partial charge in [-0.05, 0) is 24.6 Å². The predicted octanol–water partition coefficient (Wildman–Crippen LogP) is 2.36. The van der Waals surface area contributed by atoms with Crippen molar-refractivity contribution in [1.82, 2.24) is 4.57 Å². The van der Waals surface area contributed by atoms with Gasteiger partial charge in [-0.1, -0.05) is 5.11 Å². The molecule has 0 aliphatic heterocycles. The first kappa shape index (κ1) is 7.69.